The Kier molecular flexibility index (Phi) is 4.30. The van der Waals surface area contributed by atoms with Gasteiger partial charge in [0, 0.05) is 11.8 Å². The van der Waals surface area contributed by atoms with Crippen molar-refractivity contribution in [1.29, 1.82) is 0 Å². The number of hydrogen-bond donors (Lipinski definition) is 2. The van der Waals surface area contributed by atoms with Crippen LogP contribution in [0.5, 0.6) is 0 Å². The van der Waals surface area contributed by atoms with Gasteiger partial charge in [0.05, 0.1) is 4.92 Å². The van der Waals surface area contributed by atoms with Gasteiger partial charge in [0.15, 0.2) is 4.34 Å². The van der Waals surface area contributed by atoms with Gasteiger partial charge in [0.2, 0.25) is 0 Å². The number of nitro benzene ring substituents is 1. The Balaban J connectivity index is 2.12. The third-order valence-corrected chi connectivity index (χ3v) is 4.28. The normalized spacial score (nSPS) is 10.4. The number of anilines is 1. The molecule has 19 heavy (non-hydrogen) atoms. The van der Waals surface area contributed by atoms with Crippen molar-refractivity contribution in [2.45, 2.75) is 17.0 Å². The maximum Gasteiger partial charge on any atom is 0.293 e. The lowest BCUT2D eigenvalue weighted by atomic mass is 10.2. The number of nitrogens with one attached hydrogen (secondary N) is 1. The summed E-state index contributed by atoms with van der Waals surface area (Å²) in [6.45, 7) is 1.83. The number of hydrazine groups is 1. The summed E-state index contributed by atoms with van der Waals surface area (Å²) in [5, 5.41) is 10.9. The average molecular weight is 297 g/mol. The van der Waals surface area contributed by atoms with Crippen LogP contribution >= 0.6 is 23.3 Å². The van der Waals surface area contributed by atoms with E-state index < -0.39 is 4.92 Å². The van der Waals surface area contributed by atoms with E-state index in [-0.39, 0.29) is 5.69 Å². The van der Waals surface area contributed by atoms with Crippen LogP contribution in [0.1, 0.15) is 11.4 Å². The zero-order valence-corrected chi connectivity index (χ0v) is 11.6. The van der Waals surface area contributed by atoms with Gasteiger partial charge in [-0.25, -0.2) is 4.98 Å². The summed E-state index contributed by atoms with van der Waals surface area (Å²) in [5.41, 5.74) is 3.41. The second kappa shape index (κ2) is 5.95. The van der Waals surface area contributed by atoms with Crippen molar-refractivity contribution < 1.29 is 4.92 Å². The van der Waals surface area contributed by atoms with E-state index in [2.05, 4.69) is 14.8 Å². The molecule has 1 heterocycles. The highest BCUT2D eigenvalue weighted by molar-refractivity contribution is 8.00. The van der Waals surface area contributed by atoms with Gasteiger partial charge < -0.3 is 5.43 Å². The van der Waals surface area contributed by atoms with Crippen LogP contribution < -0.4 is 11.3 Å². The molecule has 0 amide bonds. The number of nitrogens with two attached hydrogens (primary N) is 1. The maximum absolute atomic E-state index is 10.9. The number of nitro groups is 1. The minimum atomic E-state index is -0.460. The van der Waals surface area contributed by atoms with Gasteiger partial charge in [-0.1, -0.05) is 17.8 Å². The van der Waals surface area contributed by atoms with Crippen LogP contribution in [0.3, 0.4) is 0 Å². The highest BCUT2D eigenvalue weighted by Gasteiger charge is 2.14. The summed E-state index contributed by atoms with van der Waals surface area (Å²) in [5.74, 6) is 6.56. The molecule has 2 rings (SSSR count). The highest BCUT2D eigenvalue weighted by atomic mass is 32.2. The molecule has 0 bridgehead atoms. The largest absolute Gasteiger partial charge is 0.318 e. The molecule has 0 saturated carbocycles. The van der Waals surface area contributed by atoms with Crippen LogP contribution in [0.2, 0.25) is 0 Å². The summed E-state index contributed by atoms with van der Waals surface area (Å²) >= 11 is 2.82. The predicted molar refractivity (Wildman–Crippen MR) is 75.1 cm³/mol. The van der Waals surface area contributed by atoms with E-state index >= 15 is 0 Å². The van der Waals surface area contributed by atoms with E-state index in [1.807, 2.05) is 6.92 Å². The standard InChI is InChI=1S/C10H11N5O2S2/c1-6-12-10(19-14-6)18-5-7-2-3-8(13-11)9(4-7)15(16)17/h2-4,13H,5,11H2,1H3. The number of nitrogen functional groups attached to an aromatic ring is 1. The van der Waals surface area contributed by atoms with Gasteiger partial charge in [-0.05, 0) is 30.1 Å². The molecular formula is C10H11N5O2S2. The Bertz CT molecular complexity index is 601. The maximum atomic E-state index is 10.9. The van der Waals surface area contributed by atoms with Crippen molar-refractivity contribution >= 4 is 34.7 Å². The molecule has 0 fully saturated rings. The van der Waals surface area contributed by atoms with Crippen LogP contribution in [0.4, 0.5) is 11.4 Å². The number of hydrogen-bond acceptors (Lipinski definition) is 8. The second-order valence-corrected chi connectivity index (χ2v) is 5.62. The minimum absolute atomic E-state index is 0.0333. The Labute approximate surface area is 117 Å². The average Bonchev–Trinajstić information content (AvgIpc) is 2.81. The molecule has 0 atom stereocenters. The quantitative estimate of drug-likeness (QED) is 0.377. The molecule has 2 aromatic rings. The van der Waals surface area contributed by atoms with Gasteiger partial charge in [-0.3, -0.25) is 16.0 Å². The first-order valence-corrected chi connectivity index (χ1v) is 7.03. The Morgan fingerprint density at radius 2 is 2.37 bits per heavy atom. The number of rotatable bonds is 5. The SMILES string of the molecule is Cc1nsc(SCc2ccc(NN)c([N+](=O)[O-])c2)n1. The van der Waals surface area contributed by atoms with Crippen LogP contribution in [0, 0.1) is 17.0 Å². The van der Waals surface area contributed by atoms with Crippen molar-refractivity contribution in [3.63, 3.8) is 0 Å². The first-order valence-electron chi connectivity index (χ1n) is 5.27. The van der Waals surface area contributed by atoms with Crippen LogP contribution in [-0.4, -0.2) is 14.3 Å². The third kappa shape index (κ3) is 3.40. The molecule has 100 valence electrons. The van der Waals surface area contributed by atoms with E-state index in [1.165, 1.54) is 29.4 Å². The molecule has 0 spiro atoms. The fraction of sp³-hybridized carbons (Fsp3) is 0.200. The zero-order chi connectivity index (χ0) is 13.8. The highest BCUT2D eigenvalue weighted by Crippen LogP contribution is 2.29. The third-order valence-electron chi connectivity index (χ3n) is 2.29. The molecule has 9 heteroatoms. The molecule has 0 unspecified atom stereocenters. The zero-order valence-electron chi connectivity index (χ0n) is 9.99. The molecule has 0 aliphatic carbocycles. The lowest BCUT2D eigenvalue weighted by molar-refractivity contribution is -0.384. The Hall–Kier alpha value is -1.71. The molecule has 7 nitrogen and oxygen atoms in total. The molecule has 3 N–H and O–H groups in total. The molecule has 0 saturated heterocycles. The van der Waals surface area contributed by atoms with Crippen LogP contribution in [-0.2, 0) is 5.75 Å². The number of aromatic nitrogens is 2. The van der Waals surface area contributed by atoms with Gasteiger partial charge in [-0.15, -0.1) is 0 Å². The Morgan fingerprint density at radius 1 is 1.58 bits per heavy atom. The minimum Gasteiger partial charge on any atom is -0.318 e. The first kappa shape index (κ1) is 13.7. The van der Waals surface area contributed by atoms with Gasteiger partial charge in [0.25, 0.3) is 5.69 Å². The topological polar surface area (TPSA) is 107 Å². The second-order valence-electron chi connectivity index (χ2n) is 3.65. The Morgan fingerprint density at radius 3 is 2.95 bits per heavy atom. The van der Waals surface area contributed by atoms with Crippen LogP contribution in [0.25, 0.3) is 0 Å². The van der Waals surface area contributed by atoms with Crippen molar-refractivity contribution in [2.24, 2.45) is 5.84 Å². The van der Waals surface area contributed by atoms with Crippen LogP contribution in [0.15, 0.2) is 22.5 Å². The predicted octanol–water partition coefficient (Wildman–Crippen LogP) is 2.33. The van der Waals surface area contributed by atoms with E-state index in [0.29, 0.717) is 11.4 Å². The van der Waals surface area contributed by atoms with E-state index in [4.69, 9.17) is 5.84 Å². The van der Waals surface area contributed by atoms with Crippen molar-refractivity contribution in [2.75, 3.05) is 5.43 Å². The summed E-state index contributed by atoms with van der Waals surface area (Å²) in [4.78, 5) is 14.7. The fourth-order valence-corrected chi connectivity index (χ4v) is 3.01. The summed E-state index contributed by atoms with van der Waals surface area (Å²) in [7, 11) is 0. The molecule has 0 radical (unpaired) electrons. The summed E-state index contributed by atoms with van der Waals surface area (Å²) in [6, 6.07) is 4.90. The lowest BCUT2D eigenvalue weighted by Gasteiger charge is -2.04. The smallest absolute Gasteiger partial charge is 0.293 e. The van der Waals surface area contributed by atoms with E-state index in [0.717, 1.165) is 15.7 Å². The van der Waals surface area contributed by atoms with Crippen molar-refractivity contribution in [3.8, 4) is 0 Å². The van der Waals surface area contributed by atoms with Crippen molar-refractivity contribution in [3.05, 3.63) is 39.7 Å². The molecule has 0 aliphatic heterocycles. The number of aryl methyl sites for hydroxylation is 1. The number of thioether (sulfide) groups is 1. The van der Waals surface area contributed by atoms with E-state index in [1.54, 1.807) is 12.1 Å². The van der Waals surface area contributed by atoms with Gasteiger partial charge in [-0.2, -0.15) is 4.37 Å². The molecular weight excluding hydrogens is 286 g/mol. The molecule has 0 aliphatic rings. The molecule has 1 aromatic carbocycles. The summed E-state index contributed by atoms with van der Waals surface area (Å²) < 4.78 is 4.93. The van der Waals surface area contributed by atoms with E-state index in [9.17, 15) is 10.1 Å². The number of benzene rings is 1. The monoisotopic (exact) mass is 297 g/mol. The number of nitrogens with zero attached hydrogens (tertiary/aromatic N) is 3. The fourth-order valence-electron chi connectivity index (χ4n) is 1.42. The lowest BCUT2D eigenvalue weighted by Crippen LogP contribution is -2.09. The molecule has 1 aromatic heterocycles. The van der Waals surface area contributed by atoms with Gasteiger partial charge >= 0.3 is 0 Å². The summed E-state index contributed by atoms with van der Waals surface area (Å²) in [6.07, 6.45) is 0. The first-order chi connectivity index (χ1) is 9.10. The van der Waals surface area contributed by atoms with Crippen molar-refractivity contribution in [1.82, 2.24) is 9.36 Å². The van der Waals surface area contributed by atoms with Gasteiger partial charge in [0.1, 0.15) is 11.5 Å².